The zero-order valence-electron chi connectivity index (χ0n) is 12.1. The minimum absolute atomic E-state index is 0.0256. The van der Waals surface area contributed by atoms with Crippen LogP contribution >= 0.6 is 0 Å². The van der Waals surface area contributed by atoms with Crippen molar-refractivity contribution in [2.75, 3.05) is 13.2 Å². The van der Waals surface area contributed by atoms with Gasteiger partial charge in [0.2, 0.25) is 0 Å². The molecule has 0 amide bonds. The smallest absolute Gasteiger partial charge is 0.0626 e. The van der Waals surface area contributed by atoms with Gasteiger partial charge in [-0.2, -0.15) is 0 Å². The second-order valence-corrected chi connectivity index (χ2v) is 5.53. The highest BCUT2D eigenvalue weighted by atomic mass is 16.3. The molecule has 2 atom stereocenters. The van der Waals surface area contributed by atoms with Crippen LogP contribution in [0.4, 0.5) is 0 Å². The molecule has 0 bridgehead atoms. The molecule has 3 heteroatoms. The van der Waals surface area contributed by atoms with Crippen LogP contribution in [0.25, 0.3) is 0 Å². The van der Waals surface area contributed by atoms with Gasteiger partial charge in [-0.3, -0.25) is 0 Å². The summed E-state index contributed by atoms with van der Waals surface area (Å²) in [6.45, 7) is 2.01. The van der Waals surface area contributed by atoms with Gasteiger partial charge in [0.25, 0.3) is 0 Å². The number of benzene rings is 2. The van der Waals surface area contributed by atoms with Crippen LogP contribution < -0.4 is 10.6 Å². The Labute approximate surface area is 126 Å². The van der Waals surface area contributed by atoms with Crippen LogP contribution in [0.5, 0.6) is 0 Å². The van der Waals surface area contributed by atoms with Gasteiger partial charge in [-0.05, 0) is 29.7 Å². The van der Waals surface area contributed by atoms with Gasteiger partial charge in [-0.25, -0.2) is 0 Å². The van der Waals surface area contributed by atoms with Crippen molar-refractivity contribution in [2.24, 2.45) is 0 Å². The molecule has 2 aromatic rings. The number of aliphatic hydroxyl groups is 1. The van der Waals surface area contributed by atoms with Gasteiger partial charge in [0.1, 0.15) is 0 Å². The minimum atomic E-state index is -0.0256. The molecule has 1 heterocycles. The molecule has 21 heavy (non-hydrogen) atoms. The van der Waals surface area contributed by atoms with Gasteiger partial charge >= 0.3 is 0 Å². The van der Waals surface area contributed by atoms with Crippen molar-refractivity contribution >= 4 is 0 Å². The standard InChI is InChI=1S/C18H22N2O/c21-13-18(14-6-2-1-3-7-14)20-17-10-11-19-12-15-8-4-5-9-16(15)17/h1-9,17-21H,10-13H2. The Bertz CT molecular complexity index is 570. The Kier molecular flexibility index (Phi) is 4.65. The molecule has 1 aliphatic rings. The van der Waals surface area contributed by atoms with Crippen LogP contribution in [-0.2, 0) is 6.54 Å². The van der Waals surface area contributed by atoms with Crippen LogP contribution in [0.15, 0.2) is 54.6 Å². The lowest BCUT2D eigenvalue weighted by Gasteiger charge is -2.25. The van der Waals surface area contributed by atoms with Gasteiger partial charge in [0.15, 0.2) is 0 Å². The molecule has 3 rings (SSSR count). The summed E-state index contributed by atoms with van der Waals surface area (Å²) in [6.07, 6.45) is 1.03. The average molecular weight is 282 g/mol. The van der Waals surface area contributed by atoms with Gasteiger partial charge < -0.3 is 15.7 Å². The van der Waals surface area contributed by atoms with E-state index in [9.17, 15) is 5.11 Å². The molecule has 2 aromatic carbocycles. The summed E-state index contributed by atoms with van der Waals surface area (Å²) in [5.74, 6) is 0. The summed E-state index contributed by atoms with van der Waals surface area (Å²) in [5.41, 5.74) is 3.82. The third kappa shape index (κ3) is 3.32. The first kappa shape index (κ1) is 14.3. The summed E-state index contributed by atoms with van der Waals surface area (Å²) in [6, 6.07) is 19.0. The minimum Gasteiger partial charge on any atom is -0.394 e. The zero-order valence-corrected chi connectivity index (χ0v) is 12.1. The maximum absolute atomic E-state index is 9.75. The summed E-state index contributed by atoms with van der Waals surface area (Å²) in [5, 5.41) is 16.8. The summed E-state index contributed by atoms with van der Waals surface area (Å²) in [4.78, 5) is 0. The lowest BCUT2D eigenvalue weighted by molar-refractivity contribution is 0.231. The topological polar surface area (TPSA) is 44.3 Å². The second kappa shape index (κ2) is 6.85. The molecule has 2 unspecified atom stereocenters. The Balaban J connectivity index is 1.83. The molecule has 0 aromatic heterocycles. The molecule has 0 saturated carbocycles. The first-order valence-electron chi connectivity index (χ1n) is 7.59. The number of nitrogens with one attached hydrogen (secondary N) is 2. The van der Waals surface area contributed by atoms with Crippen molar-refractivity contribution in [1.29, 1.82) is 0 Å². The van der Waals surface area contributed by atoms with Gasteiger partial charge in [-0.15, -0.1) is 0 Å². The summed E-state index contributed by atoms with van der Waals surface area (Å²) in [7, 11) is 0. The van der Waals surface area contributed by atoms with Crippen molar-refractivity contribution < 1.29 is 5.11 Å². The molecule has 3 N–H and O–H groups in total. The van der Waals surface area contributed by atoms with Gasteiger partial charge in [0, 0.05) is 12.6 Å². The van der Waals surface area contributed by atoms with E-state index in [0.717, 1.165) is 25.1 Å². The number of hydrogen-bond donors (Lipinski definition) is 3. The third-order valence-corrected chi connectivity index (χ3v) is 4.14. The van der Waals surface area contributed by atoms with E-state index in [2.05, 4.69) is 47.0 Å². The molecule has 3 nitrogen and oxygen atoms in total. The molecular weight excluding hydrogens is 260 g/mol. The third-order valence-electron chi connectivity index (χ3n) is 4.14. The Morgan fingerprint density at radius 3 is 2.67 bits per heavy atom. The molecule has 0 aliphatic carbocycles. The van der Waals surface area contributed by atoms with Crippen LogP contribution in [0.2, 0.25) is 0 Å². The Hall–Kier alpha value is -1.68. The molecule has 110 valence electrons. The number of rotatable bonds is 4. The Morgan fingerprint density at radius 1 is 1.10 bits per heavy atom. The van der Waals surface area contributed by atoms with Crippen molar-refractivity contribution in [3.63, 3.8) is 0 Å². The molecule has 0 saturated heterocycles. The molecule has 0 radical (unpaired) electrons. The first-order chi connectivity index (χ1) is 10.4. The summed E-state index contributed by atoms with van der Waals surface area (Å²) < 4.78 is 0. The number of hydrogen-bond acceptors (Lipinski definition) is 3. The number of fused-ring (bicyclic) bond motifs is 1. The van der Waals surface area contributed by atoms with Crippen LogP contribution in [0.1, 0.15) is 35.2 Å². The zero-order chi connectivity index (χ0) is 14.5. The fourth-order valence-corrected chi connectivity index (χ4v) is 3.02. The average Bonchev–Trinajstić information content (AvgIpc) is 2.76. The van der Waals surface area contributed by atoms with Crippen LogP contribution in [0.3, 0.4) is 0 Å². The molecule has 0 spiro atoms. The number of aliphatic hydroxyl groups excluding tert-OH is 1. The highest BCUT2D eigenvalue weighted by Crippen LogP contribution is 2.26. The van der Waals surface area contributed by atoms with Gasteiger partial charge in [-0.1, -0.05) is 54.6 Å². The van der Waals surface area contributed by atoms with E-state index in [4.69, 9.17) is 0 Å². The maximum Gasteiger partial charge on any atom is 0.0626 e. The van der Waals surface area contributed by atoms with Crippen molar-refractivity contribution in [2.45, 2.75) is 25.0 Å². The fourth-order valence-electron chi connectivity index (χ4n) is 3.02. The van der Waals surface area contributed by atoms with Crippen LogP contribution in [0, 0.1) is 0 Å². The lowest BCUT2D eigenvalue weighted by Crippen LogP contribution is -2.30. The normalized spacial score (nSPS) is 19.6. The van der Waals surface area contributed by atoms with E-state index in [1.807, 2.05) is 18.2 Å². The van der Waals surface area contributed by atoms with Crippen molar-refractivity contribution in [3.8, 4) is 0 Å². The van der Waals surface area contributed by atoms with E-state index in [1.54, 1.807) is 0 Å². The quantitative estimate of drug-likeness (QED) is 0.807. The van der Waals surface area contributed by atoms with Gasteiger partial charge in [0.05, 0.1) is 12.6 Å². The second-order valence-electron chi connectivity index (χ2n) is 5.53. The van der Waals surface area contributed by atoms with E-state index in [1.165, 1.54) is 11.1 Å². The lowest BCUT2D eigenvalue weighted by atomic mass is 9.97. The van der Waals surface area contributed by atoms with Crippen molar-refractivity contribution in [1.82, 2.24) is 10.6 Å². The largest absolute Gasteiger partial charge is 0.394 e. The first-order valence-corrected chi connectivity index (χ1v) is 7.59. The Morgan fingerprint density at radius 2 is 1.86 bits per heavy atom. The van der Waals surface area contributed by atoms with E-state index in [0.29, 0.717) is 0 Å². The molecule has 0 fully saturated rings. The predicted octanol–water partition coefficient (Wildman–Crippen LogP) is 2.54. The fraction of sp³-hybridized carbons (Fsp3) is 0.333. The molecule has 1 aliphatic heterocycles. The molecular formula is C18H22N2O. The highest BCUT2D eigenvalue weighted by molar-refractivity contribution is 5.31. The summed E-state index contributed by atoms with van der Waals surface area (Å²) >= 11 is 0. The van der Waals surface area contributed by atoms with E-state index < -0.39 is 0 Å². The monoisotopic (exact) mass is 282 g/mol. The van der Waals surface area contributed by atoms with Crippen molar-refractivity contribution in [3.05, 3.63) is 71.3 Å². The van der Waals surface area contributed by atoms with Crippen LogP contribution in [-0.4, -0.2) is 18.3 Å². The maximum atomic E-state index is 9.75. The predicted molar refractivity (Wildman–Crippen MR) is 84.9 cm³/mol. The van der Waals surface area contributed by atoms with E-state index >= 15 is 0 Å². The van der Waals surface area contributed by atoms with E-state index in [-0.39, 0.29) is 18.7 Å². The SMILES string of the molecule is OCC(NC1CCNCc2ccccc21)c1ccccc1. The highest BCUT2D eigenvalue weighted by Gasteiger charge is 2.21.